The molecule has 0 unspecified atom stereocenters. The lowest BCUT2D eigenvalue weighted by Crippen LogP contribution is -2.09. The fourth-order valence-corrected chi connectivity index (χ4v) is 10.7. The average molecular weight is 902 g/mol. The monoisotopic (exact) mass is 901 g/mol. The molecule has 0 aromatic heterocycles. The lowest BCUT2D eigenvalue weighted by atomic mass is 9.84. The van der Waals surface area contributed by atoms with Crippen molar-refractivity contribution in [2.75, 3.05) is 4.90 Å². The predicted molar refractivity (Wildman–Crippen MR) is 304 cm³/mol. The molecule has 0 heterocycles. The van der Waals surface area contributed by atoms with Gasteiger partial charge < -0.3 is 4.90 Å². The van der Waals surface area contributed by atoms with Gasteiger partial charge in [0, 0.05) is 17.1 Å². The second-order valence-electron chi connectivity index (χ2n) is 18.4. The molecule has 0 spiro atoms. The number of anilines is 3. The summed E-state index contributed by atoms with van der Waals surface area (Å²) in [4.78, 5) is 2.37. The van der Waals surface area contributed by atoms with E-state index in [2.05, 4.69) is 290 Å². The summed E-state index contributed by atoms with van der Waals surface area (Å²) in [7, 11) is 0. The van der Waals surface area contributed by atoms with E-state index in [1.165, 1.54) is 104 Å². The van der Waals surface area contributed by atoms with E-state index in [9.17, 15) is 0 Å². The van der Waals surface area contributed by atoms with Crippen LogP contribution >= 0.6 is 0 Å². The second kappa shape index (κ2) is 18.0. The minimum absolute atomic E-state index is 1.09. The molecule has 0 atom stereocenters. The molecular weight excluding hydrogens is 855 g/mol. The number of nitrogens with zero attached hydrogens (tertiary/aromatic N) is 1. The zero-order valence-electron chi connectivity index (χ0n) is 39.1. The van der Waals surface area contributed by atoms with Crippen molar-refractivity contribution in [1.29, 1.82) is 0 Å². The molecule has 13 aromatic rings. The second-order valence-corrected chi connectivity index (χ2v) is 18.4. The molecular formula is C70H47N. The van der Waals surface area contributed by atoms with E-state index in [0.29, 0.717) is 0 Å². The van der Waals surface area contributed by atoms with Crippen LogP contribution in [0.25, 0.3) is 110 Å². The van der Waals surface area contributed by atoms with E-state index < -0.39 is 0 Å². The summed E-state index contributed by atoms with van der Waals surface area (Å²) >= 11 is 0. The van der Waals surface area contributed by atoms with E-state index in [1.54, 1.807) is 0 Å². The van der Waals surface area contributed by atoms with Crippen LogP contribution in [0.1, 0.15) is 0 Å². The first-order valence-corrected chi connectivity index (χ1v) is 24.5. The van der Waals surface area contributed by atoms with Crippen LogP contribution in [-0.2, 0) is 0 Å². The van der Waals surface area contributed by atoms with Gasteiger partial charge in [0.05, 0.1) is 0 Å². The SMILES string of the molecule is c1ccc(-c2c(-c3ccccc3)c3cc(-c4ccc(N(c5ccc(-c6ccc(-c7cccc8ccccc78)cc6)cc5)c5ccc(-c6ccc7ccccc7c6)cc5)cc4)ccc3c3ccccc23)cc1. The molecule has 13 rings (SSSR count). The van der Waals surface area contributed by atoms with Crippen molar-refractivity contribution in [1.82, 2.24) is 0 Å². The molecule has 0 aliphatic carbocycles. The molecule has 0 radical (unpaired) electrons. The standard InChI is InChI=1S/C70H47N/c1-3-16-55(17-4-1)69-67-24-12-11-23-65(67)66-45-38-59(47-68(66)70(69)56-18-5-2-6-19-56)52-36-43-62(44-37-52)71(61-41-34-51(35-42-61)58-31-28-48-14-7-8-20-57(48)46-58)60-39-32-50(33-40-60)49-26-29-54(30-27-49)64-25-13-21-53-15-9-10-22-63(53)64/h1-47H. The van der Waals surface area contributed by atoms with Gasteiger partial charge in [-0.3, -0.25) is 0 Å². The zero-order chi connectivity index (χ0) is 47.1. The first-order valence-electron chi connectivity index (χ1n) is 24.5. The van der Waals surface area contributed by atoms with Crippen LogP contribution in [0.4, 0.5) is 17.1 Å². The first kappa shape index (κ1) is 41.9. The van der Waals surface area contributed by atoms with Gasteiger partial charge in [-0.25, -0.2) is 0 Å². The Morgan fingerprint density at radius 1 is 0.183 bits per heavy atom. The molecule has 0 N–H and O–H groups in total. The van der Waals surface area contributed by atoms with E-state index >= 15 is 0 Å². The number of fused-ring (bicyclic) bond motifs is 5. The van der Waals surface area contributed by atoms with Crippen molar-refractivity contribution in [3.63, 3.8) is 0 Å². The highest BCUT2D eigenvalue weighted by Crippen LogP contribution is 2.46. The van der Waals surface area contributed by atoms with Gasteiger partial charge in [-0.1, -0.05) is 237 Å². The Balaban J connectivity index is 0.885. The Kier molecular flexibility index (Phi) is 10.6. The van der Waals surface area contributed by atoms with Gasteiger partial charge in [0.15, 0.2) is 0 Å². The summed E-state index contributed by atoms with van der Waals surface area (Å²) in [6.45, 7) is 0. The van der Waals surface area contributed by atoms with Crippen LogP contribution in [0.2, 0.25) is 0 Å². The van der Waals surface area contributed by atoms with Crippen LogP contribution in [0.3, 0.4) is 0 Å². The maximum Gasteiger partial charge on any atom is 0.0462 e. The maximum absolute atomic E-state index is 2.40. The molecule has 0 aliphatic rings. The van der Waals surface area contributed by atoms with Gasteiger partial charge in [-0.05, 0) is 158 Å². The van der Waals surface area contributed by atoms with Gasteiger partial charge in [-0.15, -0.1) is 0 Å². The molecule has 1 heteroatoms. The third kappa shape index (κ3) is 7.80. The van der Waals surface area contributed by atoms with Crippen molar-refractivity contribution >= 4 is 60.2 Å². The molecule has 0 saturated heterocycles. The van der Waals surface area contributed by atoms with Gasteiger partial charge in [0.2, 0.25) is 0 Å². The summed E-state index contributed by atoms with van der Waals surface area (Å²) < 4.78 is 0. The molecule has 13 aromatic carbocycles. The summed E-state index contributed by atoms with van der Waals surface area (Å²) in [5.41, 5.74) is 17.8. The minimum atomic E-state index is 1.09. The van der Waals surface area contributed by atoms with Crippen molar-refractivity contribution in [2.45, 2.75) is 0 Å². The van der Waals surface area contributed by atoms with Crippen LogP contribution in [0.5, 0.6) is 0 Å². The Bertz CT molecular complexity index is 4040. The van der Waals surface area contributed by atoms with Gasteiger partial charge in [-0.2, -0.15) is 0 Å². The van der Waals surface area contributed by atoms with Crippen LogP contribution < -0.4 is 4.90 Å². The summed E-state index contributed by atoms with van der Waals surface area (Å²) in [6, 6.07) is 104. The van der Waals surface area contributed by atoms with Gasteiger partial charge in [0.25, 0.3) is 0 Å². The third-order valence-electron chi connectivity index (χ3n) is 14.3. The van der Waals surface area contributed by atoms with E-state index in [4.69, 9.17) is 0 Å². The third-order valence-corrected chi connectivity index (χ3v) is 14.3. The number of benzene rings is 13. The lowest BCUT2D eigenvalue weighted by molar-refractivity contribution is 1.28. The van der Waals surface area contributed by atoms with E-state index in [-0.39, 0.29) is 0 Å². The van der Waals surface area contributed by atoms with Gasteiger partial charge >= 0.3 is 0 Å². The molecule has 0 saturated carbocycles. The number of hydrogen-bond donors (Lipinski definition) is 0. The Morgan fingerprint density at radius 3 is 1.18 bits per heavy atom. The summed E-state index contributed by atoms with van der Waals surface area (Å²) in [5, 5.41) is 10.0. The molecule has 332 valence electrons. The van der Waals surface area contributed by atoms with Crippen molar-refractivity contribution in [3.8, 4) is 66.8 Å². The minimum Gasteiger partial charge on any atom is -0.311 e. The lowest BCUT2D eigenvalue weighted by Gasteiger charge is -2.26. The molecule has 0 amide bonds. The fraction of sp³-hybridized carbons (Fsp3) is 0. The largest absolute Gasteiger partial charge is 0.311 e. The van der Waals surface area contributed by atoms with E-state index in [1.807, 2.05) is 0 Å². The first-order chi connectivity index (χ1) is 35.2. The molecule has 0 bridgehead atoms. The smallest absolute Gasteiger partial charge is 0.0462 e. The Morgan fingerprint density at radius 2 is 0.577 bits per heavy atom. The predicted octanol–water partition coefficient (Wildman–Crippen LogP) is 19.8. The Labute approximate surface area is 414 Å². The Hall–Kier alpha value is -9.30. The van der Waals surface area contributed by atoms with Gasteiger partial charge in [0.1, 0.15) is 0 Å². The average Bonchev–Trinajstić information content (AvgIpc) is 3.45. The zero-order valence-corrected chi connectivity index (χ0v) is 39.1. The molecule has 1 nitrogen and oxygen atoms in total. The highest BCUT2D eigenvalue weighted by Gasteiger charge is 2.19. The summed E-state index contributed by atoms with van der Waals surface area (Å²) in [6.07, 6.45) is 0. The van der Waals surface area contributed by atoms with Crippen molar-refractivity contribution in [2.24, 2.45) is 0 Å². The van der Waals surface area contributed by atoms with Crippen LogP contribution in [0.15, 0.2) is 285 Å². The highest BCUT2D eigenvalue weighted by molar-refractivity contribution is 6.22. The normalized spacial score (nSPS) is 11.4. The van der Waals surface area contributed by atoms with Crippen molar-refractivity contribution < 1.29 is 0 Å². The molecule has 0 fully saturated rings. The topological polar surface area (TPSA) is 3.24 Å². The molecule has 0 aliphatic heterocycles. The maximum atomic E-state index is 2.40. The number of hydrogen-bond acceptors (Lipinski definition) is 1. The van der Waals surface area contributed by atoms with Crippen LogP contribution in [0, 0.1) is 0 Å². The van der Waals surface area contributed by atoms with Crippen LogP contribution in [-0.4, -0.2) is 0 Å². The van der Waals surface area contributed by atoms with E-state index in [0.717, 1.165) is 22.6 Å². The highest BCUT2D eigenvalue weighted by atomic mass is 15.1. The fourth-order valence-electron chi connectivity index (χ4n) is 10.7. The quantitative estimate of drug-likeness (QED) is 0.131. The molecule has 71 heavy (non-hydrogen) atoms. The number of rotatable bonds is 9. The summed E-state index contributed by atoms with van der Waals surface area (Å²) in [5.74, 6) is 0. The van der Waals surface area contributed by atoms with Crippen molar-refractivity contribution in [3.05, 3.63) is 285 Å².